The molecule has 2 heterocycles. The molecule has 4 nitrogen and oxygen atoms in total. The second-order valence-corrected chi connectivity index (χ2v) is 3.45. The van der Waals surface area contributed by atoms with Crippen LogP contribution in [0.5, 0.6) is 0 Å². The number of fused-ring (bicyclic) bond motifs is 1. The lowest BCUT2D eigenvalue weighted by Crippen LogP contribution is -1.95. The third kappa shape index (κ3) is 1.40. The van der Waals surface area contributed by atoms with E-state index < -0.39 is 5.76 Å². The van der Waals surface area contributed by atoms with E-state index >= 15 is 0 Å². The number of benzene rings is 1. The number of oxazole rings is 1. The fourth-order valence-corrected chi connectivity index (χ4v) is 1.62. The molecule has 0 saturated carbocycles. The molecular weight excluding hydrogens is 204 g/mol. The highest BCUT2D eigenvalue weighted by Gasteiger charge is 2.03. The molecule has 4 heteroatoms. The van der Waals surface area contributed by atoms with Gasteiger partial charge in [-0.25, -0.2) is 9.78 Å². The van der Waals surface area contributed by atoms with E-state index in [2.05, 4.69) is 14.4 Å². The zero-order valence-electron chi connectivity index (χ0n) is 8.31. The van der Waals surface area contributed by atoms with E-state index in [-0.39, 0.29) is 0 Å². The van der Waals surface area contributed by atoms with Gasteiger partial charge in [-0.2, -0.15) is 0 Å². The van der Waals surface area contributed by atoms with Crippen LogP contribution in [0, 0.1) is 0 Å². The van der Waals surface area contributed by atoms with Crippen molar-refractivity contribution >= 4 is 10.9 Å². The first-order chi connectivity index (χ1) is 7.83. The predicted molar refractivity (Wildman–Crippen MR) is 60.1 cm³/mol. The largest absolute Gasteiger partial charge is 0.416 e. The Morgan fingerprint density at radius 3 is 2.81 bits per heavy atom. The first kappa shape index (κ1) is 8.91. The molecule has 2 aromatic heterocycles. The van der Waals surface area contributed by atoms with Crippen molar-refractivity contribution in [3.63, 3.8) is 0 Å². The number of H-pyrrole nitrogens is 1. The Labute approximate surface area is 90.6 Å². The van der Waals surface area contributed by atoms with E-state index in [1.54, 1.807) is 0 Å². The van der Waals surface area contributed by atoms with Crippen LogP contribution in [-0.2, 0) is 0 Å². The molecular formula is C12H8N2O2. The smallest absolute Gasteiger partial charge is 0.416 e. The summed E-state index contributed by atoms with van der Waals surface area (Å²) in [7, 11) is 0. The quantitative estimate of drug-likeness (QED) is 0.672. The van der Waals surface area contributed by atoms with Crippen molar-refractivity contribution in [2.45, 2.75) is 0 Å². The van der Waals surface area contributed by atoms with Gasteiger partial charge in [0, 0.05) is 5.39 Å². The number of hydrogen-bond donors (Lipinski definition) is 1. The first-order valence-electron chi connectivity index (χ1n) is 4.87. The highest BCUT2D eigenvalue weighted by molar-refractivity contribution is 5.80. The van der Waals surface area contributed by atoms with Crippen LogP contribution in [-0.4, -0.2) is 9.97 Å². The van der Waals surface area contributed by atoms with Crippen LogP contribution in [0.15, 0.2) is 51.9 Å². The topological polar surface area (TPSA) is 58.9 Å². The monoisotopic (exact) mass is 212 g/mol. The van der Waals surface area contributed by atoms with Gasteiger partial charge in [-0.3, -0.25) is 4.98 Å². The molecule has 0 aliphatic carbocycles. The van der Waals surface area contributed by atoms with Crippen molar-refractivity contribution in [1.29, 1.82) is 0 Å². The minimum Gasteiger partial charge on any atom is -0.416 e. The Kier molecular flexibility index (Phi) is 1.86. The van der Waals surface area contributed by atoms with Crippen LogP contribution >= 0.6 is 0 Å². The number of hydrogen-bond acceptors (Lipinski definition) is 3. The third-order valence-corrected chi connectivity index (χ3v) is 2.39. The average Bonchev–Trinajstić information content (AvgIpc) is 2.75. The van der Waals surface area contributed by atoms with Gasteiger partial charge in [0.05, 0.1) is 11.2 Å². The minimum atomic E-state index is -0.468. The first-order valence-corrected chi connectivity index (χ1v) is 4.87. The maximum atomic E-state index is 10.9. The van der Waals surface area contributed by atoms with Gasteiger partial charge in [0.25, 0.3) is 0 Å². The summed E-state index contributed by atoms with van der Waals surface area (Å²) in [5.74, 6) is -0.468. The van der Waals surface area contributed by atoms with Crippen molar-refractivity contribution in [2.24, 2.45) is 0 Å². The number of rotatable bonds is 1. The van der Waals surface area contributed by atoms with Crippen LogP contribution in [0.25, 0.3) is 22.3 Å². The SMILES string of the molecule is O=c1[nH]c(-c2ccc3ccccc3n2)co1. The Morgan fingerprint density at radius 1 is 1.12 bits per heavy atom. The Morgan fingerprint density at radius 2 is 2.00 bits per heavy atom. The van der Waals surface area contributed by atoms with Crippen molar-refractivity contribution in [1.82, 2.24) is 9.97 Å². The maximum Gasteiger partial charge on any atom is 0.416 e. The van der Waals surface area contributed by atoms with Crippen LogP contribution in [0.4, 0.5) is 0 Å². The molecule has 0 saturated heterocycles. The molecule has 0 amide bonds. The summed E-state index contributed by atoms with van der Waals surface area (Å²) >= 11 is 0. The van der Waals surface area contributed by atoms with Crippen molar-refractivity contribution in [3.05, 3.63) is 53.2 Å². The van der Waals surface area contributed by atoms with Gasteiger partial charge in [-0.15, -0.1) is 0 Å². The van der Waals surface area contributed by atoms with E-state index in [4.69, 9.17) is 0 Å². The predicted octanol–water partition coefficient (Wildman–Crippen LogP) is 2.18. The van der Waals surface area contributed by atoms with Crippen molar-refractivity contribution in [3.8, 4) is 11.4 Å². The average molecular weight is 212 g/mol. The molecule has 0 radical (unpaired) electrons. The summed E-state index contributed by atoms with van der Waals surface area (Å²) in [5, 5.41) is 1.07. The van der Waals surface area contributed by atoms with E-state index in [0.29, 0.717) is 11.4 Å². The lowest BCUT2D eigenvalue weighted by Gasteiger charge is -1.99. The van der Waals surface area contributed by atoms with Gasteiger partial charge in [-0.05, 0) is 12.1 Å². The number of aromatic amines is 1. The summed E-state index contributed by atoms with van der Waals surface area (Å²) in [6.07, 6.45) is 1.37. The maximum absolute atomic E-state index is 10.9. The molecule has 1 N–H and O–H groups in total. The molecule has 16 heavy (non-hydrogen) atoms. The number of nitrogens with one attached hydrogen (secondary N) is 1. The van der Waals surface area contributed by atoms with Crippen LogP contribution < -0.4 is 5.76 Å². The molecule has 78 valence electrons. The molecule has 3 aromatic rings. The molecule has 0 bridgehead atoms. The van der Waals surface area contributed by atoms with Gasteiger partial charge in [0.1, 0.15) is 12.0 Å². The normalized spacial score (nSPS) is 10.8. The van der Waals surface area contributed by atoms with Crippen LogP contribution in [0.3, 0.4) is 0 Å². The molecule has 0 unspecified atom stereocenters. The second-order valence-electron chi connectivity index (χ2n) is 3.45. The standard InChI is InChI=1S/C12H8N2O2/c15-12-14-11(7-16-12)10-6-5-8-3-1-2-4-9(8)13-10/h1-7H,(H,14,15). The van der Waals surface area contributed by atoms with Gasteiger partial charge < -0.3 is 4.42 Å². The van der Waals surface area contributed by atoms with E-state index in [1.165, 1.54) is 6.26 Å². The summed E-state index contributed by atoms with van der Waals surface area (Å²) in [5.41, 5.74) is 2.18. The van der Waals surface area contributed by atoms with Gasteiger partial charge in [0.2, 0.25) is 0 Å². The Hall–Kier alpha value is -2.36. The van der Waals surface area contributed by atoms with E-state index in [0.717, 1.165) is 10.9 Å². The second kappa shape index (κ2) is 3.34. The minimum absolute atomic E-state index is 0.468. The zero-order valence-corrected chi connectivity index (χ0v) is 8.31. The van der Waals surface area contributed by atoms with Crippen molar-refractivity contribution in [2.75, 3.05) is 0 Å². The van der Waals surface area contributed by atoms with Crippen LogP contribution in [0.1, 0.15) is 0 Å². The zero-order chi connectivity index (χ0) is 11.0. The fourth-order valence-electron chi connectivity index (χ4n) is 1.62. The lowest BCUT2D eigenvalue weighted by molar-refractivity contribution is 0.515. The Bertz CT molecular complexity index is 697. The number of para-hydroxylation sites is 1. The molecule has 0 atom stereocenters. The lowest BCUT2D eigenvalue weighted by atomic mass is 10.2. The summed E-state index contributed by atoms with van der Waals surface area (Å²) in [6, 6.07) is 11.6. The van der Waals surface area contributed by atoms with Crippen LogP contribution in [0.2, 0.25) is 0 Å². The molecule has 3 rings (SSSR count). The molecule has 0 fully saturated rings. The van der Waals surface area contributed by atoms with Gasteiger partial charge >= 0.3 is 5.76 Å². The highest BCUT2D eigenvalue weighted by atomic mass is 16.4. The number of nitrogens with zero attached hydrogens (tertiary/aromatic N) is 1. The summed E-state index contributed by atoms with van der Waals surface area (Å²) in [4.78, 5) is 17.9. The van der Waals surface area contributed by atoms with E-state index in [1.807, 2.05) is 36.4 Å². The fraction of sp³-hybridized carbons (Fsp3) is 0. The van der Waals surface area contributed by atoms with E-state index in [9.17, 15) is 4.79 Å². The summed E-state index contributed by atoms with van der Waals surface area (Å²) < 4.78 is 4.68. The Balaban J connectivity index is 2.22. The molecule has 0 aliphatic rings. The van der Waals surface area contributed by atoms with Gasteiger partial charge in [-0.1, -0.05) is 24.3 Å². The molecule has 1 aromatic carbocycles. The number of pyridine rings is 1. The number of aromatic nitrogens is 2. The van der Waals surface area contributed by atoms with Crippen molar-refractivity contribution < 1.29 is 4.42 Å². The third-order valence-electron chi connectivity index (χ3n) is 2.39. The molecule has 0 aliphatic heterocycles. The highest BCUT2D eigenvalue weighted by Crippen LogP contribution is 2.18. The summed E-state index contributed by atoms with van der Waals surface area (Å²) in [6.45, 7) is 0. The molecule has 0 spiro atoms. The van der Waals surface area contributed by atoms with Gasteiger partial charge in [0.15, 0.2) is 0 Å².